The van der Waals surface area contributed by atoms with Crippen molar-refractivity contribution in [3.05, 3.63) is 15.6 Å². The molecule has 6 nitrogen and oxygen atoms in total. The highest BCUT2D eigenvalue weighted by Crippen LogP contribution is 2.24. The largest absolute Gasteiger partial charge is 0.364 e. The number of nitrogens with one attached hydrogen (secondary N) is 1. The van der Waals surface area contributed by atoms with Gasteiger partial charge in [-0.1, -0.05) is 0 Å². The molecule has 0 saturated carbocycles. The first-order chi connectivity index (χ1) is 8.56. The maximum atomic E-state index is 11.1. The standard InChI is InChI=1S/C11H16N4O2S/c1-7(16)13-3-5-15-4-2-8-9(6-15)18-11(14-8)10(12)17/h2-6H2,1H3,(H2,12,17)(H,13,16). The number of aromatic nitrogens is 1. The topological polar surface area (TPSA) is 88.3 Å². The van der Waals surface area contributed by atoms with Crippen LogP contribution in [0.25, 0.3) is 0 Å². The molecule has 18 heavy (non-hydrogen) atoms. The maximum absolute atomic E-state index is 11.1. The lowest BCUT2D eigenvalue weighted by Crippen LogP contribution is -2.36. The van der Waals surface area contributed by atoms with Gasteiger partial charge in [-0.2, -0.15) is 0 Å². The molecule has 2 rings (SSSR count). The minimum atomic E-state index is -0.459. The van der Waals surface area contributed by atoms with Crippen molar-refractivity contribution >= 4 is 23.2 Å². The quantitative estimate of drug-likeness (QED) is 0.787. The molecular weight excluding hydrogens is 252 g/mol. The van der Waals surface area contributed by atoms with E-state index in [9.17, 15) is 9.59 Å². The molecule has 0 bridgehead atoms. The molecule has 0 radical (unpaired) electrons. The van der Waals surface area contributed by atoms with Gasteiger partial charge in [0.2, 0.25) is 5.91 Å². The van der Waals surface area contributed by atoms with Gasteiger partial charge in [0.1, 0.15) is 0 Å². The number of hydrogen-bond donors (Lipinski definition) is 2. The van der Waals surface area contributed by atoms with Gasteiger partial charge in [-0.25, -0.2) is 4.98 Å². The minimum Gasteiger partial charge on any atom is -0.364 e. The van der Waals surface area contributed by atoms with E-state index in [1.807, 2.05) is 0 Å². The second-order valence-corrected chi connectivity index (χ2v) is 5.35. The zero-order valence-corrected chi connectivity index (χ0v) is 11.0. The Morgan fingerprint density at radius 3 is 3.00 bits per heavy atom. The average molecular weight is 268 g/mol. The van der Waals surface area contributed by atoms with Gasteiger partial charge < -0.3 is 11.1 Å². The molecule has 0 unspecified atom stereocenters. The zero-order valence-electron chi connectivity index (χ0n) is 10.2. The van der Waals surface area contributed by atoms with Crippen molar-refractivity contribution in [1.29, 1.82) is 0 Å². The Morgan fingerprint density at radius 1 is 1.56 bits per heavy atom. The van der Waals surface area contributed by atoms with Crippen LogP contribution in [-0.2, 0) is 17.8 Å². The lowest BCUT2D eigenvalue weighted by Gasteiger charge is -2.25. The highest BCUT2D eigenvalue weighted by molar-refractivity contribution is 7.13. The molecule has 0 atom stereocenters. The van der Waals surface area contributed by atoms with Crippen LogP contribution in [0.3, 0.4) is 0 Å². The van der Waals surface area contributed by atoms with E-state index in [1.165, 1.54) is 18.3 Å². The Bertz CT molecular complexity index is 472. The van der Waals surface area contributed by atoms with Crippen LogP contribution in [0.5, 0.6) is 0 Å². The third-order valence-corrected chi connectivity index (χ3v) is 3.92. The van der Waals surface area contributed by atoms with Crippen LogP contribution in [0.2, 0.25) is 0 Å². The molecule has 2 amide bonds. The Morgan fingerprint density at radius 2 is 2.33 bits per heavy atom. The SMILES string of the molecule is CC(=O)NCCN1CCc2nc(C(N)=O)sc2C1. The lowest BCUT2D eigenvalue weighted by atomic mass is 10.2. The minimum absolute atomic E-state index is 0.0125. The van der Waals surface area contributed by atoms with Crippen LogP contribution in [0, 0.1) is 0 Å². The number of primary amides is 1. The normalized spacial score (nSPS) is 15.2. The van der Waals surface area contributed by atoms with Crippen molar-refractivity contribution in [3.63, 3.8) is 0 Å². The van der Waals surface area contributed by atoms with Crippen LogP contribution in [0.15, 0.2) is 0 Å². The van der Waals surface area contributed by atoms with Crippen molar-refractivity contribution in [2.24, 2.45) is 5.73 Å². The molecule has 98 valence electrons. The molecule has 3 N–H and O–H groups in total. The van der Waals surface area contributed by atoms with E-state index >= 15 is 0 Å². The van der Waals surface area contributed by atoms with Gasteiger partial charge in [0.15, 0.2) is 5.01 Å². The van der Waals surface area contributed by atoms with Gasteiger partial charge >= 0.3 is 0 Å². The molecule has 2 heterocycles. The van der Waals surface area contributed by atoms with Crippen LogP contribution in [-0.4, -0.2) is 41.3 Å². The molecule has 1 aliphatic heterocycles. The van der Waals surface area contributed by atoms with E-state index in [1.54, 1.807) is 0 Å². The number of nitrogens with two attached hydrogens (primary N) is 1. The summed E-state index contributed by atoms with van der Waals surface area (Å²) in [6, 6.07) is 0. The van der Waals surface area contributed by atoms with Crippen LogP contribution < -0.4 is 11.1 Å². The van der Waals surface area contributed by atoms with Gasteiger partial charge in [-0.05, 0) is 0 Å². The van der Waals surface area contributed by atoms with Gasteiger partial charge in [0, 0.05) is 44.4 Å². The van der Waals surface area contributed by atoms with E-state index in [2.05, 4.69) is 15.2 Å². The van der Waals surface area contributed by atoms with Gasteiger partial charge in [0.25, 0.3) is 5.91 Å². The molecule has 1 aliphatic rings. The fourth-order valence-electron chi connectivity index (χ4n) is 1.93. The summed E-state index contributed by atoms with van der Waals surface area (Å²) in [5.74, 6) is -0.472. The molecule has 0 aromatic carbocycles. The maximum Gasteiger partial charge on any atom is 0.277 e. The number of thiazole rings is 1. The molecule has 1 aromatic rings. The molecular formula is C11H16N4O2S. The summed E-state index contributed by atoms with van der Waals surface area (Å²) in [5.41, 5.74) is 6.21. The summed E-state index contributed by atoms with van der Waals surface area (Å²) in [6.07, 6.45) is 0.833. The summed E-state index contributed by atoms with van der Waals surface area (Å²) in [5, 5.41) is 3.17. The summed E-state index contributed by atoms with van der Waals surface area (Å²) in [7, 11) is 0. The first-order valence-corrected chi connectivity index (χ1v) is 6.63. The monoisotopic (exact) mass is 268 g/mol. The molecule has 0 saturated heterocycles. The second-order valence-electron chi connectivity index (χ2n) is 4.26. The lowest BCUT2D eigenvalue weighted by molar-refractivity contribution is -0.119. The Labute approximate surface area is 109 Å². The van der Waals surface area contributed by atoms with Crippen LogP contribution in [0.1, 0.15) is 27.3 Å². The Hall–Kier alpha value is -1.47. The van der Waals surface area contributed by atoms with Crippen molar-refractivity contribution in [3.8, 4) is 0 Å². The van der Waals surface area contributed by atoms with Crippen molar-refractivity contribution in [2.45, 2.75) is 19.9 Å². The first kappa shape index (κ1) is 13.0. The van der Waals surface area contributed by atoms with E-state index in [-0.39, 0.29) is 5.91 Å². The molecule has 0 spiro atoms. The fourth-order valence-corrected chi connectivity index (χ4v) is 2.94. The molecule has 0 fully saturated rings. The third-order valence-electron chi connectivity index (χ3n) is 2.82. The summed E-state index contributed by atoms with van der Waals surface area (Å²) >= 11 is 1.37. The highest BCUT2D eigenvalue weighted by Gasteiger charge is 2.21. The van der Waals surface area contributed by atoms with E-state index in [0.717, 1.165) is 36.6 Å². The highest BCUT2D eigenvalue weighted by atomic mass is 32.1. The number of carbonyl (C=O) groups is 2. The van der Waals surface area contributed by atoms with Crippen LogP contribution in [0.4, 0.5) is 0 Å². The second kappa shape index (κ2) is 5.45. The number of fused-ring (bicyclic) bond motifs is 1. The molecule has 0 aliphatic carbocycles. The number of nitrogens with zero attached hydrogens (tertiary/aromatic N) is 2. The predicted molar refractivity (Wildman–Crippen MR) is 68.3 cm³/mol. The number of hydrogen-bond acceptors (Lipinski definition) is 5. The Kier molecular flexibility index (Phi) is 3.93. The van der Waals surface area contributed by atoms with Gasteiger partial charge in [-0.3, -0.25) is 14.5 Å². The van der Waals surface area contributed by atoms with Crippen LogP contribution >= 0.6 is 11.3 Å². The number of rotatable bonds is 4. The fraction of sp³-hybridized carbons (Fsp3) is 0.545. The van der Waals surface area contributed by atoms with Crippen molar-refractivity contribution in [1.82, 2.24) is 15.2 Å². The Balaban J connectivity index is 1.93. The van der Waals surface area contributed by atoms with Crippen molar-refractivity contribution < 1.29 is 9.59 Å². The van der Waals surface area contributed by atoms with E-state index in [4.69, 9.17) is 5.73 Å². The van der Waals surface area contributed by atoms with E-state index in [0.29, 0.717) is 11.6 Å². The number of carbonyl (C=O) groups excluding carboxylic acids is 2. The summed E-state index contributed by atoms with van der Waals surface area (Å²) in [4.78, 5) is 29.4. The summed E-state index contributed by atoms with van der Waals surface area (Å²) in [6.45, 7) is 4.64. The van der Waals surface area contributed by atoms with Gasteiger partial charge in [-0.15, -0.1) is 11.3 Å². The smallest absolute Gasteiger partial charge is 0.277 e. The third kappa shape index (κ3) is 3.05. The predicted octanol–water partition coefficient (Wildman–Crippen LogP) is -0.264. The van der Waals surface area contributed by atoms with Crippen molar-refractivity contribution in [2.75, 3.05) is 19.6 Å². The van der Waals surface area contributed by atoms with Gasteiger partial charge in [0.05, 0.1) is 5.69 Å². The average Bonchev–Trinajstić information content (AvgIpc) is 2.71. The molecule has 7 heteroatoms. The first-order valence-electron chi connectivity index (χ1n) is 5.81. The number of amides is 2. The van der Waals surface area contributed by atoms with E-state index < -0.39 is 5.91 Å². The molecule has 1 aromatic heterocycles. The zero-order chi connectivity index (χ0) is 13.1. The summed E-state index contributed by atoms with van der Waals surface area (Å²) < 4.78 is 0.